The number of nitro benzene ring substituents is 1. The highest BCUT2D eigenvalue weighted by atomic mass is 16.6. The second kappa shape index (κ2) is 7.34. The molecule has 2 heterocycles. The van der Waals surface area contributed by atoms with Crippen LogP contribution in [0.3, 0.4) is 0 Å². The first-order valence-electron chi connectivity index (χ1n) is 8.07. The molecular formula is C17H18N4O5. The number of methoxy groups -OCH3 is 1. The summed E-state index contributed by atoms with van der Waals surface area (Å²) >= 11 is 0. The van der Waals surface area contributed by atoms with Crippen molar-refractivity contribution in [1.29, 1.82) is 0 Å². The number of carbonyl (C=O) groups is 1. The third kappa shape index (κ3) is 3.56. The molecule has 0 saturated carbocycles. The van der Waals surface area contributed by atoms with Gasteiger partial charge < -0.3 is 14.4 Å². The highest BCUT2D eigenvalue weighted by Crippen LogP contribution is 2.24. The van der Waals surface area contributed by atoms with Gasteiger partial charge in [0.05, 0.1) is 18.6 Å². The number of likely N-dealkylation sites (tertiary alicyclic amines) is 1. The van der Waals surface area contributed by atoms with Gasteiger partial charge in [0.25, 0.3) is 11.6 Å². The molecule has 136 valence electrons. The third-order valence-corrected chi connectivity index (χ3v) is 4.28. The Morgan fingerprint density at radius 1 is 1.27 bits per heavy atom. The van der Waals surface area contributed by atoms with Crippen LogP contribution in [-0.4, -0.2) is 52.2 Å². The van der Waals surface area contributed by atoms with E-state index in [0.717, 1.165) is 0 Å². The summed E-state index contributed by atoms with van der Waals surface area (Å²) in [7, 11) is 1.50. The summed E-state index contributed by atoms with van der Waals surface area (Å²) in [5.41, 5.74) is 0.647. The van der Waals surface area contributed by atoms with Crippen LogP contribution < -0.4 is 9.47 Å². The number of carbonyl (C=O) groups excluding carboxylic acids is 1. The van der Waals surface area contributed by atoms with Crippen molar-refractivity contribution in [1.82, 2.24) is 15.1 Å². The van der Waals surface area contributed by atoms with Crippen LogP contribution in [0.5, 0.6) is 11.8 Å². The summed E-state index contributed by atoms with van der Waals surface area (Å²) in [4.78, 5) is 24.9. The molecule has 0 aliphatic carbocycles. The summed E-state index contributed by atoms with van der Waals surface area (Å²) < 4.78 is 10.7. The summed E-state index contributed by atoms with van der Waals surface area (Å²) in [6, 6.07) is 7.82. The van der Waals surface area contributed by atoms with Crippen molar-refractivity contribution in [3.63, 3.8) is 0 Å². The van der Waals surface area contributed by atoms with Crippen LogP contribution in [0.4, 0.5) is 5.69 Å². The molecule has 1 aromatic heterocycles. The maximum atomic E-state index is 12.7. The van der Waals surface area contributed by atoms with Crippen molar-refractivity contribution in [2.24, 2.45) is 0 Å². The lowest BCUT2D eigenvalue weighted by Crippen LogP contribution is -2.31. The maximum absolute atomic E-state index is 12.7. The molecule has 1 unspecified atom stereocenters. The van der Waals surface area contributed by atoms with E-state index >= 15 is 0 Å². The summed E-state index contributed by atoms with van der Waals surface area (Å²) in [6.07, 6.45) is 0.439. The van der Waals surface area contributed by atoms with Crippen LogP contribution in [0, 0.1) is 17.0 Å². The minimum absolute atomic E-state index is 0.0589. The van der Waals surface area contributed by atoms with Gasteiger partial charge in [0, 0.05) is 42.3 Å². The van der Waals surface area contributed by atoms with Crippen molar-refractivity contribution in [3.05, 3.63) is 51.6 Å². The fourth-order valence-corrected chi connectivity index (χ4v) is 2.88. The van der Waals surface area contributed by atoms with E-state index in [1.807, 2.05) is 0 Å². The van der Waals surface area contributed by atoms with E-state index in [0.29, 0.717) is 42.4 Å². The SMILES string of the molecule is COc1ccc(OC2CCN(C(=O)c3cccc([N+](=O)[O-])c3C)C2)nn1. The van der Waals surface area contributed by atoms with Crippen LogP contribution in [0.1, 0.15) is 22.3 Å². The Bertz CT molecular complexity index is 824. The number of rotatable bonds is 5. The van der Waals surface area contributed by atoms with E-state index in [2.05, 4.69) is 10.2 Å². The van der Waals surface area contributed by atoms with Gasteiger partial charge in [-0.05, 0) is 13.0 Å². The molecule has 9 heteroatoms. The van der Waals surface area contributed by atoms with E-state index in [1.165, 1.54) is 19.2 Å². The van der Waals surface area contributed by atoms with Gasteiger partial charge in [-0.3, -0.25) is 14.9 Å². The zero-order chi connectivity index (χ0) is 18.7. The van der Waals surface area contributed by atoms with Crippen molar-refractivity contribution in [2.75, 3.05) is 20.2 Å². The lowest BCUT2D eigenvalue weighted by molar-refractivity contribution is -0.385. The number of benzene rings is 1. The molecule has 0 bridgehead atoms. The molecule has 3 rings (SSSR count). The predicted octanol–water partition coefficient (Wildman–Crippen LogP) is 2.00. The summed E-state index contributed by atoms with van der Waals surface area (Å²) in [5, 5.41) is 18.8. The lowest BCUT2D eigenvalue weighted by Gasteiger charge is -2.18. The quantitative estimate of drug-likeness (QED) is 0.594. The number of aromatic nitrogens is 2. The molecule has 2 aromatic rings. The van der Waals surface area contributed by atoms with Crippen molar-refractivity contribution < 1.29 is 19.2 Å². The van der Waals surface area contributed by atoms with Gasteiger partial charge in [-0.2, -0.15) is 0 Å². The van der Waals surface area contributed by atoms with Gasteiger partial charge in [-0.15, -0.1) is 10.2 Å². The van der Waals surface area contributed by atoms with Gasteiger partial charge >= 0.3 is 0 Å². The molecule has 1 atom stereocenters. The van der Waals surface area contributed by atoms with E-state index in [4.69, 9.17) is 9.47 Å². The second-order valence-corrected chi connectivity index (χ2v) is 5.90. The van der Waals surface area contributed by atoms with Crippen LogP contribution in [0.15, 0.2) is 30.3 Å². The zero-order valence-corrected chi connectivity index (χ0v) is 14.4. The smallest absolute Gasteiger partial charge is 0.273 e. The Labute approximate surface area is 149 Å². The van der Waals surface area contributed by atoms with Crippen molar-refractivity contribution in [2.45, 2.75) is 19.4 Å². The van der Waals surface area contributed by atoms with E-state index < -0.39 is 4.92 Å². The minimum atomic E-state index is -0.482. The molecule has 1 saturated heterocycles. The summed E-state index contributed by atoms with van der Waals surface area (Å²) in [5.74, 6) is 0.511. The van der Waals surface area contributed by atoms with E-state index in [-0.39, 0.29) is 17.7 Å². The largest absolute Gasteiger partial charge is 0.480 e. The second-order valence-electron chi connectivity index (χ2n) is 5.90. The molecular weight excluding hydrogens is 340 g/mol. The Morgan fingerprint density at radius 2 is 2.00 bits per heavy atom. The average molecular weight is 358 g/mol. The molecule has 1 fully saturated rings. The lowest BCUT2D eigenvalue weighted by atomic mass is 10.1. The topological polar surface area (TPSA) is 108 Å². The first kappa shape index (κ1) is 17.6. The van der Waals surface area contributed by atoms with Crippen LogP contribution >= 0.6 is 0 Å². The maximum Gasteiger partial charge on any atom is 0.273 e. The number of amides is 1. The monoisotopic (exact) mass is 358 g/mol. The number of nitro groups is 1. The van der Waals surface area contributed by atoms with E-state index in [9.17, 15) is 14.9 Å². The molecule has 0 N–H and O–H groups in total. The van der Waals surface area contributed by atoms with Crippen LogP contribution in [0.25, 0.3) is 0 Å². The summed E-state index contributed by atoms with van der Waals surface area (Å²) in [6.45, 7) is 2.48. The predicted molar refractivity (Wildman–Crippen MR) is 91.4 cm³/mol. The van der Waals surface area contributed by atoms with Crippen molar-refractivity contribution in [3.8, 4) is 11.8 Å². The van der Waals surface area contributed by atoms with Crippen molar-refractivity contribution >= 4 is 11.6 Å². The molecule has 1 aromatic carbocycles. The van der Waals surface area contributed by atoms with Gasteiger partial charge in [-0.25, -0.2) is 0 Å². The first-order valence-corrected chi connectivity index (χ1v) is 8.07. The Morgan fingerprint density at radius 3 is 2.65 bits per heavy atom. The fourth-order valence-electron chi connectivity index (χ4n) is 2.88. The Hall–Kier alpha value is -3.23. The Balaban J connectivity index is 1.67. The average Bonchev–Trinajstić information content (AvgIpc) is 3.10. The van der Waals surface area contributed by atoms with E-state index in [1.54, 1.807) is 30.0 Å². The molecule has 1 amide bonds. The highest BCUT2D eigenvalue weighted by molar-refractivity contribution is 5.96. The number of nitrogens with zero attached hydrogens (tertiary/aromatic N) is 4. The number of hydrogen-bond donors (Lipinski definition) is 0. The highest BCUT2D eigenvalue weighted by Gasteiger charge is 2.30. The fraction of sp³-hybridized carbons (Fsp3) is 0.353. The third-order valence-electron chi connectivity index (χ3n) is 4.28. The number of ether oxygens (including phenoxy) is 2. The van der Waals surface area contributed by atoms with Gasteiger partial charge in [0.15, 0.2) is 0 Å². The first-order chi connectivity index (χ1) is 12.5. The number of hydrogen-bond acceptors (Lipinski definition) is 7. The molecule has 1 aliphatic rings. The Kier molecular flexibility index (Phi) is 4.97. The normalized spacial score (nSPS) is 16.4. The molecule has 9 nitrogen and oxygen atoms in total. The van der Waals surface area contributed by atoms with Gasteiger partial charge in [0.2, 0.25) is 11.8 Å². The standard InChI is InChI=1S/C17H18N4O5/c1-11-13(4-3-5-14(11)21(23)24)17(22)20-9-8-12(10-20)26-16-7-6-15(25-2)18-19-16/h3-7,12H,8-10H2,1-2H3. The molecule has 0 spiro atoms. The van der Waals surface area contributed by atoms with Crippen LogP contribution in [0.2, 0.25) is 0 Å². The van der Waals surface area contributed by atoms with Gasteiger partial charge in [0.1, 0.15) is 6.10 Å². The van der Waals surface area contributed by atoms with Crippen LogP contribution in [-0.2, 0) is 0 Å². The minimum Gasteiger partial charge on any atom is -0.480 e. The molecule has 0 radical (unpaired) electrons. The zero-order valence-electron chi connectivity index (χ0n) is 14.4. The molecule has 26 heavy (non-hydrogen) atoms. The molecule has 1 aliphatic heterocycles. The van der Waals surface area contributed by atoms with Gasteiger partial charge in [-0.1, -0.05) is 6.07 Å².